The molecule has 0 aromatic heterocycles. The highest BCUT2D eigenvalue weighted by atomic mass is 32.2. The van der Waals surface area contributed by atoms with E-state index in [0.717, 1.165) is 0 Å². The Morgan fingerprint density at radius 2 is 0.970 bits per heavy atom. The molecule has 2 aromatic carbocycles. The van der Waals surface area contributed by atoms with Gasteiger partial charge >= 0.3 is 0 Å². The fourth-order valence-corrected chi connectivity index (χ4v) is 3.75. The molecule has 176 valence electrons. The summed E-state index contributed by atoms with van der Waals surface area (Å²) in [7, 11) is -8.01. The molecule has 0 unspecified atom stereocenters. The van der Waals surface area contributed by atoms with Gasteiger partial charge in [-0.05, 0) is 62.4 Å². The topological polar surface area (TPSA) is 160 Å². The summed E-state index contributed by atoms with van der Waals surface area (Å²) < 4.78 is 54.4. The molecule has 2 amide bonds. The lowest BCUT2D eigenvalue weighted by Crippen LogP contribution is -2.41. The Morgan fingerprint density at radius 3 is 1.24 bits per heavy atom. The van der Waals surface area contributed by atoms with Crippen LogP contribution in [-0.4, -0.2) is 28.6 Å². The number of benzene rings is 2. The van der Waals surface area contributed by atoms with Gasteiger partial charge in [0.1, 0.15) is 11.5 Å². The molecule has 0 atom stereocenters. The van der Waals surface area contributed by atoms with E-state index in [1.54, 1.807) is 0 Å². The maximum absolute atomic E-state index is 12.2. The maximum Gasteiger partial charge on any atom is 0.261 e. The van der Waals surface area contributed by atoms with Gasteiger partial charge in [-0.15, -0.1) is 9.66 Å². The largest absolute Gasteiger partial charge is 0.457 e. The summed E-state index contributed by atoms with van der Waals surface area (Å²) in [5.41, 5.74) is 4.31. The van der Waals surface area contributed by atoms with Gasteiger partial charge in [-0.2, -0.15) is 0 Å². The van der Waals surface area contributed by atoms with Crippen LogP contribution in [0.15, 0.2) is 82.6 Å². The number of sulfonamides is 2. The predicted octanol–water partition coefficient (Wildman–Crippen LogP) is 1.25. The van der Waals surface area contributed by atoms with E-state index in [1.165, 1.54) is 62.4 Å². The summed E-state index contributed by atoms with van der Waals surface area (Å²) >= 11 is 0. The number of hydrogen-bond acceptors (Lipinski definition) is 7. The first kappa shape index (κ1) is 25.7. The second-order valence-corrected chi connectivity index (χ2v) is 10.1. The molecule has 4 N–H and O–H groups in total. The van der Waals surface area contributed by atoms with Crippen molar-refractivity contribution in [2.24, 2.45) is 0 Å². The van der Waals surface area contributed by atoms with Crippen molar-refractivity contribution in [1.82, 2.24) is 20.5 Å². The molecule has 0 fully saturated rings. The molecule has 0 bridgehead atoms. The highest BCUT2D eigenvalue weighted by Gasteiger charge is 2.17. The number of hydrogen-bond donors (Lipinski definition) is 4. The van der Waals surface area contributed by atoms with Gasteiger partial charge < -0.3 is 4.74 Å². The van der Waals surface area contributed by atoms with E-state index in [9.17, 15) is 26.4 Å². The standard InChI is InChI=1S/C20H22N4O7S2/c1-13(2)19(25)21-23-32(27,28)17-9-5-15(6-10-17)31-16-7-11-18(12-8-16)33(29,30)24-22-20(26)14(3)4/h5-12,23-24H,1,3H2,2,4H3,(H,21,25)(H,22,26). The van der Waals surface area contributed by atoms with E-state index in [4.69, 9.17) is 4.74 Å². The molecule has 0 spiro atoms. The normalized spacial score (nSPS) is 11.3. The van der Waals surface area contributed by atoms with Crippen LogP contribution in [0.2, 0.25) is 0 Å². The summed E-state index contributed by atoms with van der Waals surface area (Å²) in [4.78, 5) is 26.5. The summed E-state index contributed by atoms with van der Waals surface area (Å²) in [5.74, 6) is -0.778. The van der Waals surface area contributed by atoms with E-state index < -0.39 is 31.9 Å². The van der Waals surface area contributed by atoms with Gasteiger partial charge in [-0.3, -0.25) is 20.4 Å². The lowest BCUT2D eigenvalue weighted by Gasteiger charge is -2.11. The minimum absolute atomic E-state index is 0.124. The third kappa shape index (κ3) is 7.25. The molecule has 2 rings (SSSR count). The van der Waals surface area contributed by atoms with Crippen molar-refractivity contribution in [2.75, 3.05) is 0 Å². The minimum atomic E-state index is -4.01. The zero-order valence-corrected chi connectivity index (χ0v) is 19.3. The molecular formula is C20H22N4O7S2. The van der Waals surface area contributed by atoms with Crippen molar-refractivity contribution in [3.63, 3.8) is 0 Å². The maximum atomic E-state index is 12.2. The molecule has 0 aliphatic heterocycles. The smallest absolute Gasteiger partial charge is 0.261 e. The highest BCUT2D eigenvalue weighted by molar-refractivity contribution is 7.89. The van der Waals surface area contributed by atoms with E-state index in [0.29, 0.717) is 0 Å². The molecule has 0 saturated carbocycles. The number of rotatable bonds is 10. The number of hydrazine groups is 2. The third-order valence-electron chi connectivity index (χ3n) is 3.88. The average Bonchev–Trinajstić information content (AvgIpc) is 2.76. The lowest BCUT2D eigenvalue weighted by atomic mass is 10.3. The second kappa shape index (κ2) is 10.4. The first-order chi connectivity index (χ1) is 15.3. The van der Waals surface area contributed by atoms with Crippen molar-refractivity contribution >= 4 is 31.9 Å². The highest BCUT2D eigenvalue weighted by Crippen LogP contribution is 2.24. The monoisotopic (exact) mass is 494 g/mol. The van der Waals surface area contributed by atoms with Crippen molar-refractivity contribution in [3.05, 3.63) is 72.8 Å². The first-order valence-electron chi connectivity index (χ1n) is 9.15. The molecular weight excluding hydrogens is 472 g/mol. The molecule has 0 heterocycles. The van der Waals surface area contributed by atoms with Gasteiger partial charge in [0, 0.05) is 11.1 Å². The number of carbonyl (C=O) groups is 2. The number of ether oxygens (including phenoxy) is 1. The first-order valence-corrected chi connectivity index (χ1v) is 12.1. The SMILES string of the molecule is C=C(C)C(=O)NNS(=O)(=O)c1ccc(Oc2ccc(S(=O)(=O)NNC(=O)C(=C)C)cc2)cc1. The van der Waals surface area contributed by atoms with E-state index in [-0.39, 0.29) is 32.4 Å². The molecule has 33 heavy (non-hydrogen) atoms. The van der Waals surface area contributed by atoms with E-state index >= 15 is 0 Å². The predicted molar refractivity (Wildman–Crippen MR) is 120 cm³/mol. The van der Waals surface area contributed by atoms with Crippen LogP contribution in [-0.2, 0) is 29.6 Å². The van der Waals surface area contributed by atoms with Crippen molar-refractivity contribution < 1.29 is 31.2 Å². The molecule has 11 nitrogen and oxygen atoms in total. The number of nitrogens with one attached hydrogen (secondary N) is 4. The molecule has 0 aliphatic carbocycles. The van der Waals surface area contributed by atoms with Gasteiger partial charge in [0.2, 0.25) is 0 Å². The number of amides is 2. The molecule has 0 saturated heterocycles. The second-order valence-electron chi connectivity index (χ2n) is 6.72. The van der Waals surface area contributed by atoms with Crippen molar-refractivity contribution in [1.29, 1.82) is 0 Å². The average molecular weight is 495 g/mol. The zero-order valence-electron chi connectivity index (χ0n) is 17.7. The Labute approximate surface area is 191 Å². The van der Waals surface area contributed by atoms with Crippen molar-refractivity contribution in [3.8, 4) is 11.5 Å². The van der Waals surface area contributed by atoms with Crippen LogP contribution in [0.25, 0.3) is 0 Å². The summed E-state index contributed by atoms with van der Waals surface area (Å²) in [6, 6.07) is 10.6. The van der Waals surface area contributed by atoms with Crippen LogP contribution in [0.4, 0.5) is 0 Å². The Bertz CT molecular complexity index is 1180. The van der Waals surface area contributed by atoms with Gasteiger partial charge in [0.25, 0.3) is 31.9 Å². The van der Waals surface area contributed by atoms with Crippen LogP contribution in [0.1, 0.15) is 13.8 Å². The fraction of sp³-hybridized carbons (Fsp3) is 0.100. The lowest BCUT2D eigenvalue weighted by molar-refractivity contribution is -0.118. The van der Waals surface area contributed by atoms with Gasteiger partial charge in [-0.25, -0.2) is 16.8 Å². The minimum Gasteiger partial charge on any atom is -0.457 e. The van der Waals surface area contributed by atoms with Gasteiger partial charge in [-0.1, -0.05) is 13.2 Å². The molecule has 0 aliphatic rings. The van der Waals surface area contributed by atoms with Crippen molar-refractivity contribution in [2.45, 2.75) is 23.6 Å². The van der Waals surface area contributed by atoms with Crippen LogP contribution in [0.3, 0.4) is 0 Å². The molecule has 2 aromatic rings. The summed E-state index contributed by atoms with van der Waals surface area (Å²) in [6.07, 6.45) is 0. The summed E-state index contributed by atoms with van der Waals surface area (Å²) in [5, 5.41) is 0. The Morgan fingerprint density at radius 1 is 0.667 bits per heavy atom. The van der Waals surface area contributed by atoms with Gasteiger partial charge in [0.15, 0.2) is 0 Å². The quantitative estimate of drug-likeness (QED) is 0.286. The molecule has 13 heteroatoms. The number of carbonyl (C=O) groups excluding carboxylic acids is 2. The third-order valence-corrected chi connectivity index (χ3v) is 6.40. The van der Waals surface area contributed by atoms with Crippen LogP contribution < -0.4 is 25.3 Å². The van der Waals surface area contributed by atoms with Crippen LogP contribution in [0, 0.1) is 0 Å². The summed E-state index contributed by atoms with van der Waals surface area (Å²) in [6.45, 7) is 9.65. The Balaban J connectivity index is 2.04. The van der Waals surface area contributed by atoms with E-state index in [2.05, 4.69) is 13.2 Å². The van der Waals surface area contributed by atoms with Crippen LogP contribution >= 0.6 is 0 Å². The Hall–Kier alpha value is -3.52. The van der Waals surface area contributed by atoms with Crippen LogP contribution in [0.5, 0.6) is 11.5 Å². The fourth-order valence-electron chi connectivity index (χ4n) is 2.07. The molecule has 0 radical (unpaired) electrons. The zero-order chi connectivity index (χ0) is 24.8. The van der Waals surface area contributed by atoms with Gasteiger partial charge in [0.05, 0.1) is 9.79 Å². The van der Waals surface area contributed by atoms with E-state index in [1.807, 2.05) is 20.5 Å². The Kier molecular flexibility index (Phi) is 8.11.